The number of benzene rings is 4. The van der Waals surface area contributed by atoms with E-state index in [1.165, 1.54) is 72.8 Å². The minimum absolute atomic E-state index is 0.0423. The molecule has 4 unspecified atom stereocenters. The van der Waals surface area contributed by atoms with Gasteiger partial charge in [0, 0.05) is 11.6 Å². The summed E-state index contributed by atoms with van der Waals surface area (Å²) in [5.41, 5.74) is 0.343. The fourth-order valence-electron chi connectivity index (χ4n) is 6.95. The number of esters is 2. The molecule has 3 aliphatic heterocycles. The van der Waals surface area contributed by atoms with Crippen LogP contribution < -0.4 is 14.2 Å². The van der Waals surface area contributed by atoms with Crippen LogP contribution in [0.4, 0.5) is 0 Å². The highest BCUT2D eigenvalue weighted by molar-refractivity contribution is 5.88. The second-order valence-corrected chi connectivity index (χ2v) is 14.6. The number of hydrogen-bond acceptors (Lipinski definition) is 20. The lowest BCUT2D eigenvalue weighted by atomic mass is 9.89. The molecular formula is C42H42O20. The Morgan fingerprint density at radius 1 is 0.581 bits per heavy atom. The van der Waals surface area contributed by atoms with Gasteiger partial charge in [0.1, 0.15) is 97.1 Å². The van der Waals surface area contributed by atoms with E-state index < -0.39 is 116 Å². The molecule has 3 aliphatic rings. The Morgan fingerprint density at radius 2 is 1.11 bits per heavy atom. The summed E-state index contributed by atoms with van der Waals surface area (Å²) in [5.74, 6) is -4.92. The van der Waals surface area contributed by atoms with E-state index in [2.05, 4.69) is 0 Å². The maximum absolute atomic E-state index is 14.0. The molecule has 3 heterocycles. The van der Waals surface area contributed by atoms with Crippen LogP contribution in [0.3, 0.4) is 0 Å². The van der Waals surface area contributed by atoms with Crippen LogP contribution in [0.15, 0.2) is 84.9 Å². The number of aromatic hydroxyl groups is 5. The van der Waals surface area contributed by atoms with Crippen molar-refractivity contribution in [3.8, 4) is 46.0 Å². The summed E-state index contributed by atoms with van der Waals surface area (Å²) in [7, 11) is 0. The summed E-state index contributed by atoms with van der Waals surface area (Å²) in [4.78, 5) is 26.8. The van der Waals surface area contributed by atoms with Crippen LogP contribution >= 0.6 is 0 Å². The van der Waals surface area contributed by atoms with E-state index in [-0.39, 0.29) is 45.4 Å². The lowest BCUT2D eigenvalue weighted by molar-refractivity contribution is -0.278. The highest BCUT2D eigenvalue weighted by Gasteiger charge is 2.48. The van der Waals surface area contributed by atoms with Gasteiger partial charge in [-0.1, -0.05) is 6.07 Å². The van der Waals surface area contributed by atoms with Crippen LogP contribution in [0.1, 0.15) is 28.7 Å². The highest BCUT2D eigenvalue weighted by Crippen LogP contribution is 2.52. The number of aliphatic hydroxyl groups is 6. The monoisotopic (exact) mass is 866 g/mol. The molecule has 0 amide bonds. The van der Waals surface area contributed by atoms with Gasteiger partial charge in [0.05, 0.1) is 0 Å². The number of fused-ring (bicyclic) bond motifs is 1. The fourth-order valence-corrected chi connectivity index (χ4v) is 6.95. The first kappa shape index (κ1) is 43.7. The van der Waals surface area contributed by atoms with Gasteiger partial charge in [-0.3, -0.25) is 4.79 Å². The molecule has 0 bridgehead atoms. The zero-order chi connectivity index (χ0) is 44.4. The van der Waals surface area contributed by atoms with Crippen molar-refractivity contribution in [3.63, 3.8) is 0 Å². The minimum Gasteiger partial charge on any atom is -0.508 e. The van der Waals surface area contributed by atoms with Crippen molar-refractivity contribution in [2.45, 2.75) is 73.4 Å². The smallest absolute Gasteiger partial charge is 0.330 e. The molecule has 2 saturated heterocycles. The van der Waals surface area contributed by atoms with Gasteiger partial charge in [-0.15, -0.1) is 0 Å². The van der Waals surface area contributed by atoms with Crippen LogP contribution in [0, 0.1) is 0 Å². The topological polar surface area (TPSA) is 321 Å². The predicted molar refractivity (Wildman–Crippen MR) is 206 cm³/mol. The van der Waals surface area contributed by atoms with Crippen molar-refractivity contribution in [1.29, 1.82) is 0 Å². The van der Waals surface area contributed by atoms with Gasteiger partial charge < -0.3 is 89.3 Å². The molecular weight excluding hydrogens is 824 g/mol. The van der Waals surface area contributed by atoms with Gasteiger partial charge in [0.25, 0.3) is 0 Å². The third kappa shape index (κ3) is 9.42. The molecule has 20 heteroatoms. The van der Waals surface area contributed by atoms with E-state index in [0.717, 1.165) is 18.2 Å². The standard InChI is InChI=1S/C42H42O20/c43-20-3-7-22(8-4-20)58-41-36(53)34(51)32(49)28(60-41)16-56-30(48)12-1-18-13-24-31(38(62-39(24)27(47)14-18)19-2-11-25(45)26(46)15-19)40(55)57-17-29-33(50)35(52)37(54)42(61-29)59-23-9-5-21(44)6-10-23/h1-15,28-29,31-38,41-47,49-54H,16-17H2/b12-1+/t28?,29?,31-,32-,33-,34-,35-,36?,37?,38+,41+,42+/m0/s1. The Hall–Kier alpha value is -6.36. The zero-order valence-corrected chi connectivity index (χ0v) is 32.1. The molecule has 7 rings (SSSR count). The number of phenolic OH excluding ortho intramolecular Hbond substituents is 5. The molecule has 20 nitrogen and oxygen atoms in total. The number of carbonyl (C=O) groups is 2. The van der Waals surface area contributed by atoms with Crippen molar-refractivity contribution >= 4 is 18.0 Å². The van der Waals surface area contributed by atoms with Crippen molar-refractivity contribution in [2.24, 2.45) is 0 Å². The van der Waals surface area contributed by atoms with Crippen molar-refractivity contribution in [3.05, 3.63) is 102 Å². The molecule has 4 aromatic carbocycles. The summed E-state index contributed by atoms with van der Waals surface area (Å²) < 4.78 is 39.2. The Balaban J connectivity index is 1.06. The van der Waals surface area contributed by atoms with Crippen LogP contribution in [0.5, 0.6) is 46.0 Å². The van der Waals surface area contributed by atoms with E-state index >= 15 is 0 Å². The van der Waals surface area contributed by atoms with Gasteiger partial charge in [0.2, 0.25) is 12.6 Å². The Labute approximate surface area is 350 Å². The second-order valence-electron chi connectivity index (χ2n) is 14.6. The van der Waals surface area contributed by atoms with Crippen molar-refractivity contribution < 1.29 is 98.9 Å². The van der Waals surface area contributed by atoms with E-state index in [0.29, 0.717) is 0 Å². The molecule has 12 atom stereocenters. The molecule has 0 aliphatic carbocycles. The second kappa shape index (κ2) is 18.3. The first-order valence-electron chi connectivity index (χ1n) is 19.0. The Morgan fingerprint density at radius 3 is 1.65 bits per heavy atom. The molecule has 0 radical (unpaired) electrons. The molecule has 0 spiro atoms. The lowest BCUT2D eigenvalue weighted by Gasteiger charge is -2.40. The average Bonchev–Trinajstić information content (AvgIpc) is 3.65. The SMILES string of the molecule is O=C(/C=C/c1cc(O)c2c(c1)[C@H](C(=O)OCC1O[C@@H](Oc3ccc(O)cc3)C(O)[C@@H](O)[C@H]1O)[C@@H](c1ccc(O)c(O)c1)O2)OCC1O[C@@H](Oc2ccc(O)cc2)C(O)[C@@H](O)[C@H]1O. The van der Waals surface area contributed by atoms with Crippen LogP contribution in [0.2, 0.25) is 0 Å². The van der Waals surface area contributed by atoms with Crippen molar-refractivity contribution in [2.75, 3.05) is 13.2 Å². The van der Waals surface area contributed by atoms with Crippen LogP contribution in [-0.2, 0) is 28.5 Å². The van der Waals surface area contributed by atoms with Gasteiger partial charge in [-0.2, -0.15) is 0 Å². The van der Waals surface area contributed by atoms with E-state index in [1.54, 1.807) is 0 Å². The first-order chi connectivity index (χ1) is 29.6. The average molecular weight is 867 g/mol. The summed E-state index contributed by atoms with van der Waals surface area (Å²) in [6, 6.07) is 16.9. The number of carbonyl (C=O) groups excluding carboxylic acids is 2. The molecule has 62 heavy (non-hydrogen) atoms. The summed E-state index contributed by atoms with van der Waals surface area (Å²) in [6.07, 6.45) is -15.4. The maximum Gasteiger partial charge on any atom is 0.330 e. The van der Waals surface area contributed by atoms with Gasteiger partial charge in [-0.05, 0) is 90.0 Å². The fraction of sp³-hybridized carbons (Fsp3) is 0.333. The van der Waals surface area contributed by atoms with Crippen LogP contribution in [0.25, 0.3) is 6.08 Å². The first-order valence-corrected chi connectivity index (χ1v) is 19.0. The van der Waals surface area contributed by atoms with Crippen molar-refractivity contribution in [1.82, 2.24) is 0 Å². The molecule has 330 valence electrons. The maximum atomic E-state index is 14.0. The minimum atomic E-state index is -1.81. The van der Waals surface area contributed by atoms with E-state index in [4.69, 9.17) is 33.2 Å². The van der Waals surface area contributed by atoms with E-state index in [1.807, 2.05) is 0 Å². The summed E-state index contributed by atoms with van der Waals surface area (Å²) in [6.45, 7) is -1.31. The predicted octanol–water partition coefficient (Wildman–Crippen LogP) is 0.305. The van der Waals surface area contributed by atoms with E-state index in [9.17, 15) is 65.8 Å². The molecule has 0 saturated carbocycles. The lowest BCUT2D eigenvalue weighted by Crippen LogP contribution is -2.60. The molecule has 11 N–H and O–H groups in total. The van der Waals surface area contributed by atoms with Gasteiger partial charge in [-0.25, -0.2) is 4.79 Å². The summed E-state index contributed by atoms with van der Waals surface area (Å²) >= 11 is 0. The highest BCUT2D eigenvalue weighted by atomic mass is 16.7. The largest absolute Gasteiger partial charge is 0.508 e. The third-order valence-electron chi connectivity index (χ3n) is 10.3. The number of aliphatic hydroxyl groups excluding tert-OH is 6. The zero-order valence-electron chi connectivity index (χ0n) is 32.1. The number of phenols is 5. The van der Waals surface area contributed by atoms with Gasteiger partial charge in [0.15, 0.2) is 23.0 Å². The number of rotatable bonds is 12. The molecule has 0 aromatic heterocycles. The third-order valence-corrected chi connectivity index (χ3v) is 10.3. The Bertz CT molecular complexity index is 2250. The van der Waals surface area contributed by atoms with Gasteiger partial charge >= 0.3 is 11.9 Å². The number of ether oxygens (including phenoxy) is 7. The normalized spacial score (nSPS) is 29.3. The number of hydrogen-bond donors (Lipinski definition) is 11. The molecule has 2 fully saturated rings. The van der Waals surface area contributed by atoms with Crippen LogP contribution in [-0.4, -0.2) is 143 Å². The molecule has 4 aromatic rings. The summed E-state index contributed by atoms with van der Waals surface area (Å²) in [5, 5.41) is 114. The Kier molecular flexibility index (Phi) is 12.9. The quantitative estimate of drug-likeness (QED) is 0.0518.